The highest BCUT2D eigenvalue weighted by molar-refractivity contribution is 7.89. The number of sulfonamides is 1. The van der Waals surface area contributed by atoms with Gasteiger partial charge in [-0.1, -0.05) is 30.3 Å². The van der Waals surface area contributed by atoms with Crippen LogP contribution in [0, 0.1) is 5.92 Å². The number of rotatable bonds is 2. The zero-order valence-corrected chi connectivity index (χ0v) is 14.8. The van der Waals surface area contributed by atoms with Crippen LogP contribution in [0.1, 0.15) is 0 Å². The van der Waals surface area contributed by atoms with E-state index in [0.717, 1.165) is 10.8 Å². The molecule has 2 aromatic rings. The number of carbonyl (C=O) groups excluding carboxylic acids is 1. The molecule has 4 rings (SSSR count). The van der Waals surface area contributed by atoms with Gasteiger partial charge < -0.3 is 9.64 Å². The summed E-state index contributed by atoms with van der Waals surface area (Å²) in [5.74, 6) is -0.494. The minimum Gasteiger partial charge on any atom is -0.378 e. The molecule has 6 nitrogen and oxygen atoms in total. The fourth-order valence-corrected chi connectivity index (χ4v) is 5.09. The number of nitrogens with zero attached hydrogens (tertiary/aromatic N) is 2. The Morgan fingerprint density at radius 1 is 1.04 bits per heavy atom. The van der Waals surface area contributed by atoms with Crippen molar-refractivity contribution < 1.29 is 17.9 Å². The predicted octanol–water partition coefficient (Wildman–Crippen LogP) is 1.32. The minimum absolute atomic E-state index is 0.0429. The summed E-state index contributed by atoms with van der Waals surface area (Å²) in [6.07, 6.45) is 0. The highest BCUT2D eigenvalue weighted by Crippen LogP contribution is 2.27. The molecule has 132 valence electrons. The van der Waals surface area contributed by atoms with Gasteiger partial charge in [0.05, 0.1) is 30.1 Å². The van der Waals surface area contributed by atoms with Gasteiger partial charge in [-0.3, -0.25) is 4.79 Å². The smallest absolute Gasteiger partial charge is 0.243 e. The number of fused-ring (bicyclic) bond motifs is 4. The molecule has 1 amide bonds. The number of carbonyl (C=O) groups is 1. The Labute approximate surface area is 147 Å². The Balaban J connectivity index is 1.72. The second-order valence-electron chi connectivity index (χ2n) is 6.67. The summed E-state index contributed by atoms with van der Waals surface area (Å²) in [5.41, 5.74) is 0. The number of hydrogen-bond donors (Lipinski definition) is 0. The molecule has 0 aliphatic carbocycles. The van der Waals surface area contributed by atoms with Crippen LogP contribution in [0.5, 0.6) is 0 Å². The monoisotopic (exact) mass is 360 g/mol. The van der Waals surface area contributed by atoms with E-state index in [1.165, 1.54) is 4.31 Å². The van der Waals surface area contributed by atoms with E-state index in [2.05, 4.69) is 0 Å². The first-order valence-corrected chi connectivity index (χ1v) is 9.74. The Morgan fingerprint density at radius 3 is 2.60 bits per heavy atom. The van der Waals surface area contributed by atoms with Crippen LogP contribution in [-0.4, -0.2) is 62.9 Å². The molecule has 0 aromatic heterocycles. The van der Waals surface area contributed by atoms with Gasteiger partial charge in [0.15, 0.2) is 0 Å². The van der Waals surface area contributed by atoms with Crippen LogP contribution < -0.4 is 0 Å². The van der Waals surface area contributed by atoms with Gasteiger partial charge >= 0.3 is 0 Å². The second-order valence-corrected chi connectivity index (χ2v) is 8.61. The molecule has 2 aromatic carbocycles. The molecule has 2 fully saturated rings. The molecule has 7 heteroatoms. The lowest BCUT2D eigenvalue weighted by Gasteiger charge is -2.28. The number of ether oxygens (including phenoxy) is 1. The normalized spacial score (nSPS) is 25.2. The van der Waals surface area contributed by atoms with Crippen LogP contribution in [0.3, 0.4) is 0 Å². The highest BCUT2D eigenvalue weighted by atomic mass is 32.2. The summed E-state index contributed by atoms with van der Waals surface area (Å²) in [4.78, 5) is 14.3. The third-order valence-electron chi connectivity index (χ3n) is 5.07. The van der Waals surface area contributed by atoms with Gasteiger partial charge in [0, 0.05) is 20.1 Å². The minimum atomic E-state index is -3.67. The SMILES string of the molecule is CN1C(=O)[C@H]2COC[C@@H]1CN(S(=O)(=O)c1ccc3ccccc3c1)C2. The summed E-state index contributed by atoms with van der Waals surface area (Å²) >= 11 is 0. The van der Waals surface area contributed by atoms with Crippen molar-refractivity contribution in [2.24, 2.45) is 5.92 Å². The van der Waals surface area contributed by atoms with Gasteiger partial charge in [-0.15, -0.1) is 0 Å². The molecular weight excluding hydrogens is 340 g/mol. The molecule has 0 spiro atoms. The van der Waals surface area contributed by atoms with Crippen molar-refractivity contribution in [1.82, 2.24) is 9.21 Å². The Hall–Kier alpha value is -1.96. The lowest BCUT2D eigenvalue weighted by Crippen LogP contribution is -2.45. The lowest BCUT2D eigenvalue weighted by atomic mass is 10.1. The summed E-state index contributed by atoms with van der Waals surface area (Å²) in [7, 11) is -1.94. The first-order chi connectivity index (χ1) is 12.0. The Bertz CT molecular complexity index is 928. The van der Waals surface area contributed by atoms with Crippen molar-refractivity contribution in [2.75, 3.05) is 33.4 Å². The van der Waals surface area contributed by atoms with E-state index >= 15 is 0 Å². The largest absolute Gasteiger partial charge is 0.378 e. The number of amides is 1. The van der Waals surface area contributed by atoms with E-state index in [-0.39, 0.29) is 36.5 Å². The van der Waals surface area contributed by atoms with Crippen molar-refractivity contribution in [3.05, 3.63) is 42.5 Å². The van der Waals surface area contributed by atoms with E-state index < -0.39 is 15.9 Å². The summed E-state index contributed by atoms with van der Waals surface area (Å²) < 4.78 is 33.4. The van der Waals surface area contributed by atoms with Gasteiger partial charge in [0.25, 0.3) is 0 Å². The van der Waals surface area contributed by atoms with E-state index in [0.29, 0.717) is 6.61 Å². The predicted molar refractivity (Wildman–Crippen MR) is 93.6 cm³/mol. The average molecular weight is 360 g/mol. The van der Waals surface area contributed by atoms with Crippen molar-refractivity contribution in [3.63, 3.8) is 0 Å². The molecule has 0 saturated carbocycles. The molecule has 0 radical (unpaired) electrons. The van der Waals surface area contributed by atoms with E-state index in [9.17, 15) is 13.2 Å². The molecule has 2 aliphatic rings. The van der Waals surface area contributed by atoms with Gasteiger partial charge in [0.2, 0.25) is 15.9 Å². The molecule has 2 saturated heterocycles. The van der Waals surface area contributed by atoms with Crippen LogP contribution in [-0.2, 0) is 19.6 Å². The van der Waals surface area contributed by atoms with E-state index in [4.69, 9.17) is 4.74 Å². The standard InChI is InChI=1S/C18H20N2O4S/c1-19-16-10-20(9-15(18(19)21)11-24-12-16)25(22,23)17-7-6-13-4-2-3-5-14(13)8-17/h2-8,15-16H,9-12H2,1H3/t15-,16+/m1/s1. The van der Waals surface area contributed by atoms with Crippen molar-refractivity contribution in [2.45, 2.75) is 10.9 Å². The zero-order chi connectivity index (χ0) is 17.6. The lowest BCUT2D eigenvalue weighted by molar-refractivity contribution is -0.133. The maximum Gasteiger partial charge on any atom is 0.243 e. The van der Waals surface area contributed by atoms with Crippen LogP contribution >= 0.6 is 0 Å². The van der Waals surface area contributed by atoms with Gasteiger partial charge in [-0.25, -0.2) is 8.42 Å². The molecular formula is C18H20N2O4S. The Morgan fingerprint density at radius 2 is 1.80 bits per heavy atom. The molecule has 25 heavy (non-hydrogen) atoms. The van der Waals surface area contributed by atoms with E-state index in [1.807, 2.05) is 30.3 Å². The molecule has 2 heterocycles. The first kappa shape index (κ1) is 16.5. The van der Waals surface area contributed by atoms with Crippen LogP contribution in [0.2, 0.25) is 0 Å². The Kier molecular flexibility index (Phi) is 4.02. The van der Waals surface area contributed by atoms with Gasteiger partial charge in [0.1, 0.15) is 0 Å². The molecule has 0 N–H and O–H groups in total. The van der Waals surface area contributed by atoms with Crippen molar-refractivity contribution in [1.29, 1.82) is 0 Å². The van der Waals surface area contributed by atoms with E-state index in [1.54, 1.807) is 24.1 Å². The van der Waals surface area contributed by atoms with Crippen molar-refractivity contribution in [3.8, 4) is 0 Å². The van der Waals surface area contributed by atoms with Gasteiger partial charge in [-0.2, -0.15) is 4.31 Å². The summed E-state index contributed by atoms with van der Waals surface area (Å²) in [5, 5.41) is 1.88. The van der Waals surface area contributed by atoms with Gasteiger partial charge in [-0.05, 0) is 22.9 Å². The molecule has 2 atom stereocenters. The van der Waals surface area contributed by atoms with Crippen LogP contribution in [0.4, 0.5) is 0 Å². The third-order valence-corrected chi connectivity index (χ3v) is 6.90. The van der Waals surface area contributed by atoms with Crippen molar-refractivity contribution >= 4 is 26.7 Å². The molecule has 2 aliphatic heterocycles. The third kappa shape index (κ3) is 2.82. The summed E-state index contributed by atoms with van der Waals surface area (Å²) in [6.45, 7) is 1.05. The van der Waals surface area contributed by atoms with Crippen LogP contribution in [0.25, 0.3) is 10.8 Å². The maximum absolute atomic E-state index is 13.2. The molecule has 2 bridgehead atoms. The fourth-order valence-electron chi connectivity index (χ4n) is 3.53. The number of benzene rings is 2. The topological polar surface area (TPSA) is 66.9 Å². The quantitative estimate of drug-likeness (QED) is 0.810. The number of likely N-dealkylation sites (N-methyl/N-ethyl adjacent to an activating group) is 1. The summed E-state index contributed by atoms with van der Waals surface area (Å²) in [6, 6.07) is 12.6. The second kappa shape index (κ2) is 6.09. The molecule has 0 unspecified atom stereocenters. The number of hydrogen-bond acceptors (Lipinski definition) is 4. The maximum atomic E-state index is 13.2. The first-order valence-electron chi connectivity index (χ1n) is 8.30. The highest BCUT2D eigenvalue weighted by Gasteiger charge is 2.41. The average Bonchev–Trinajstić information content (AvgIpc) is 2.79. The van der Waals surface area contributed by atoms with Crippen LogP contribution in [0.15, 0.2) is 47.4 Å². The fraction of sp³-hybridized carbons (Fsp3) is 0.389. The zero-order valence-electron chi connectivity index (χ0n) is 14.0.